The summed E-state index contributed by atoms with van der Waals surface area (Å²) >= 11 is 0. The molecule has 1 N–H and O–H groups in total. The largest absolute Gasteiger partial charge is 0.375 e. The predicted molar refractivity (Wildman–Crippen MR) is 127 cm³/mol. The number of aromatic nitrogens is 1. The van der Waals surface area contributed by atoms with E-state index in [9.17, 15) is 13.7 Å². The normalized spacial score (nSPS) is 22.5. The van der Waals surface area contributed by atoms with Gasteiger partial charge in [-0.25, -0.2) is 8.42 Å². The lowest BCUT2D eigenvalue weighted by molar-refractivity contribution is -0.0327. The Balaban J connectivity index is 1.63. The molecule has 0 bridgehead atoms. The van der Waals surface area contributed by atoms with Gasteiger partial charge in [-0.05, 0) is 62.9 Å². The highest BCUT2D eigenvalue weighted by molar-refractivity contribution is 7.91. The Morgan fingerprint density at radius 1 is 1.18 bits per heavy atom. The molecule has 0 aliphatic carbocycles. The maximum Gasteiger partial charge on any atom is 0.220 e. The molecular weight excluding hydrogens is 450 g/mol. The van der Waals surface area contributed by atoms with Crippen molar-refractivity contribution in [3.8, 4) is 12.1 Å². The second kappa shape index (κ2) is 9.09. The topological polar surface area (TPSA) is 119 Å². The van der Waals surface area contributed by atoms with Crippen molar-refractivity contribution in [1.29, 1.82) is 10.5 Å². The number of pyridine rings is 1. The van der Waals surface area contributed by atoms with E-state index in [1.54, 1.807) is 18.3 Å². The molecule has 9 heteroatoms. The molecule has 2 aliphatic heterocycles. The first-order valence-corrected chi connectivity index (χ1v) is 12.8. The van der Waals surface area contributed by atoms with Gasteiger partial charge in [0.25, 0.3) is 0 Å². The van der Waals surface area contributed by atoms with Crippen molar-refractivity contribution in [3.05, 3.63) is 65.5 Å². The van der Waals surface area contributed by atoms with Crippen LogP contribution in [0.5, 0.6) is 0 Å². The number of aryl methyl sites for hydroxylation is 1. The van der Waals surface area contributed by atoms with E-state index in [2.05, 4.69) is 40.6 Å². The standard InChI is InChI=1S/C25H29N5O3S/c1-23(2,22-5-3-4-13-28-22)30-14-12-25(17-30,11-10-20-6-8-21(15-26)9-7-20)34(31,32)29-24(16-27)18-33-19-24/h3-9,13,29H,10-12,14,17-19H2,1-2H3/t25-/m1/s1. The molecule has 1 atom stereocenters. The molecule has 8 nitrogen and oxygen atoms in total. The molecular formula is C25H29N5O3S. The molecule has 1 aromatic carbocycles. The van der Waals surface area contributed by atoms with Gasteiger partial charge in [-0.15, -0.1) is 0 Å². The fourth-order valence-corrected chi connectivity index (χ4v) is 6.65. The fraction of sp³-hybridized carbons (Fsp3) is 0.480. The Bertz CT molecular complexity index is 1210. The molecule has 0 saturated carbocycles. The van der Waals surface area contributed by atoms with Gasteiger partial charge in [-0.2, -0.15) is 15.2 Å². The Kier molecular flexibility index (Phi) is 6.50. The van der Waals surface area contributed by atoms with Gasteiger partial charge in [0, 0.05) is 19.3 Å². The third-order valence-corrected chi connectivity index (χ3v) is 9.50. The maximum atomic E-state index is 13.8. The predicted octanol–water partition coefficient (Wildman–Crippen LogP) is 2.48. The van der Waals surface area contributed by atoms with Crippen LogP contribution in [0.2, 0.25) is 0 Å². The van der Waals surface area contributed by atoms with Crippen LogP contribution in [0.1, 0.15) is 43.5 Å². The number of nitriles is 2. The van der Waals surface area contributed by atoms with E-state index in [0.717, 1.165) is 11.3 Å². The molecule has 0 amide bonds. The molecule has 2 saturated heterocycles. The Morgan fingerprint density at radius 3 is 2.47 bits per heavy atom. The van der Waals surface area contributed by atoms with Gasteiger partial charge in [-0.3, -0.25) is 9.88 Å². The Hall–Kier alpha value is -2.82. The SMILES string of the molecule is CC(C)(c1ccccn1)N1CC[C@@](CCc2ccc(C#N)cc2)(S(=O)(=O)NC2(C#N)COC2)C1. The summed E-state index contributed by atoms with van der Waals surface area (Å²) in [5.41, 5.74) is 0.754. The van der Waals surface area contributed by atoms with Crippen LogP contribution < -0.4 is 4.72 Å². The van der Waals surface area contributed by atoms with Gasteiger partial charge in [-0.1, -0.05) is 18.2 Å². The van der Waals surface area contributed by atoms with Crippen LogP contribution in [-0.4, -0.2) is 54.9 Å². The van der Waals surface area contributed by atoms with Crippen molar-refractivity contribution in [2.75, 3.05) is 26.3 Å². The fourth-order valence-electron chi connectivity index (χ4n) is 4.70. The summed E-state index contributed by atoms with van der Waals surface area (Å²) < 4.78 is 34.5. The van der Waals surface area contributed by atoms with Crippen LogP contribution in [0.25, 0.3) is 0 Å². The average Bonchev–Trinajstić information content (AvgIpc) is 3.28. The van der Waals surface area contributed by atoms with E-state index < -0.39 is 25.8 Å². The van der Waals surface area contributed by atoms with Gasteiger partial charge in [0.15, 0.2) is 5.54 Å². The van der Waals surface area contributed by atoms with Gasteiger partial charge >= 0.3 is 0 Å². The molecule has 1 aromatic heterocycles. The molecule has 34 heavy (non-hydrogen) atoms. The van der Waals surface area contributed by atoms with E-state index in [0.29, 0.717) is 37.9 Å². The van der Waals surface area contributed by atoms with Crippen LogP contribution in [0.3, 0.4) is 0 Å². The molecule has 4 rings (SSSR count). The number of rotatable bonds is 8. The lowest BCUT2D eigenvalue weighted by Gasteiger charge is -2.40. The number of ether oxygens (including phenoxy) is 1. The molecule has 2 aliphatic rings. The second-order valence-electron chi connectivity index (χ2n) is 9.73. The zero-order chi connectivity index (χ0) is 24.5. The third-order valence-electron chi connectivity index (χ3n) is 7.16. The Labute approximate surface area is 201 Å². The van der Waals surface area contributed by atoms with Crippen molar-refractivity contribution in [2.24, 2.45) is 0 Å². The smallest absolute Gasteiger partial charge is 0.220 e. The number of benzene rings is 1. The number of likely N-dealkylation sites (tertiary alicyclic amines) is 1. The minimum atomic E-state index is -3.88. The highest BCUT2D eigenvalue weighted by Crippen LogP contribution is 2.40. The van der Waals surface area contributed by atoms with Gasteiger partial charge < -0.3 is 4.74 Å². The van der Waals surface area contributed by atoms with Crippen molar-refractivity contribution >= 4 is 10.0 Å². The summed E-state index contributed by atoms with van der Waals surface area (Å²) in [5.74, 6) is 0. The van der Waals surface area contributed by atoms with Crippen LogP contribution >= 0.6 is 0 Å². The van der Waals surface area contributed by atoms with E-state index >= 15 is 0 Å². The van der Waals surface area contributed by atoms with Crippen molar-refractivity contribution in [1.82, 2.24) is 14.6 Å². The second-order valence-corrected chi connectivity index (χ2v) is 11.8. The minimum absolute atomic E-state index is 0.0531. The first-order valence-electron chi connectivity index (χ1n) is 11.3. The monoisotopic (exact) mass is 479 g/mol. The number of nitrogens with zero attached hydrogens (tertiary/aromatic N) is 4. The lowest BCUT2D eigenvalue weighted by Crippen LogP contribution is -2.65. The average molecular weight is 480 g/mol. The molecule has 2 fully saturated rings. The number of sulfonamides is 1. The highest BCUT2D eigenvalue weighted by Gasteiger charge is 2.55. The molecule has 0 spiro atoms. The molecule has 0 radical (unpaired) electrons. The lowest BCUT2D eigenvalue weighted by atomic mass is 9.95. The molecule has 0 unspecified atom stereocenters. The Morgan fingerprint density at radius 2 is 1.91 bits per heavy atom. The number of hydrogen-bond acceptors (Lipinski definition) is 7. The molecule has 3 heterocycles. The van der Waals surface area contributed by atoms with Crippen LogP contribution in [-0.2, 0) is 26.7 Å². The first kappa shape index (κ1) is 24.3. The summed E-state index contributed by atoms with van der Waals surface area (Å²) in [6.07, 6.45) is 3.13. The summed E-state index contributed by atoms with van der Waals surface area (Å²) in [4.78, 5) is 6.69. The van der Waals surface area contributed by atoms with E-state index in [-0.39, 0.29) is 13.2 Å². The summed E-state index contributed by atoms with van der Waals surface area (Å²) in [6, 6.07) is 17.2. The van der Waals surface area contributed by atoms with E-state index in [1.165, 1.54) is 0 Å². The van der Waals surface area contributed by atoms with Crippen LogP contribution in [0.4, 0.5) is 0 Å². The summed E-state index contributed by atoms with van der Waals surface area (Å²) in [6.45, 7) is 5.14. The quantitative estimate of drug-likeness (QED) is 0.618. The zero-order valence-corrected chi connectivity index (χ0v) is 20.3. The van der Waals surface area contributed by atoms with E-state index in [1.807, 2.05) is 30.3 Å². The zero-order valence-electron chi connectivity index (χ0n) is 19.5. The van der Waals surface area contributed by atoms with Crippen LogP contribution in [0, 0.1) is 22.7 Å². The van der Waals surface area contributed by atoms with Gasteiger partial charge in [0.05, 0.1) is 42.1 Å². The summed E-state index contributed by atoms with van der Waals surface area (Å²) in [7, 11) is -3.88. The molecule has 2 aromatic rings. The minimum Gasteiger partial charge on any atom is -0.375 e. The summed E-state index contributed by atoms with van der Waals surface area (Å²) in [5, 5.41) is 18.7. The van der Waals surface area contributed by atoms with E-state index in [4.69, 9.17) is 10.00 Å². The first-order chi connectivity index (χ1) is 16.2. The van der Waals surface area contributed by atoms with Gasteiger partial charge in [0.1, 0.15) is 4.75 Å². The number of hydrogen-bond donors (Lipinski definition) is 1. The number of nitrogens with one attached hydrogen (secondary N) is 1. The third kappa shape index (κ3) is 4.45. The van der Waals surface area contributed by atoms with Crippen molar-refractivity contribution in [2.45, 2.75) is 48.9 Å². The van der Waals surface area contributed by atoms with Crippen molar-refractivity contribution < 1.29 is 13.2 Å². The highest BCUT2D eigenvalue weighted by atomic mass is 32.2. The van der Waals surface area contributed by atoms with Crippen molar-refractivity contribution in [3.63, 3.8) is 0 Å². The van der Waals surface area contributed by atoms with Gasteiger partial charge in [0.2, 0.25) is 10.0 Å². The maximum absolute atomic E-state index is 13.8. The van der Waals surface area contributed by atoms with Crippen LogP contribution in [0.15, 0.2) is 48.7 Å². The molecule has 178 valence electrons.